The first-order valence-electron chi connectivity index (χ1n) is 9.09. The van der Waals surface area contributed by atoms with E-state index in [1.165, 1.54) is 6.07 Å². The SMILES string of the molecule is FC(F)(F)c1ccc(Oc2cccc([C@@H]3COC4(CCNCC4)C3)c2)nc1. The van der Waals surface area contributed by atoms with Crippen LogP contribution in [0.2, 0.25) is 0 Å². The van der Waals surface area contributed by atoms with Crippen molar-refractivity contribution < 1.29 is 22.6 Å². The fourth-order valence-electron chi connectivity index (χ4n) is 3.85. The maximum atomic E-state index is 12.6. The topological polar surface area (TPSA) is 43.4 Å². The third-order valence-electron chi connectivity index (χ3n) is 5.34. The molecule has 1 aromatic heterocycles. The summed E-state index contributed by atoms with van der Waals surface area (Å²) in [6, 6.07) is 9.84. The summed E-state index contributed by atoms with van der Waals surface area (Å²) in [5.74, 6) is 0.996. The first-order valence-corrected chi connectivity index (χ1v) is 9.09. The van der Waals surface area contributed by atoms with E-state index in [1.54, 1.807) is 6.07 Å². The normalized spacial score (nSPS) is 22.1. The molecule has 144 valence electrons. The third-order valence-corrected chi connectivity index (χ3v) is 5.34. The lowest BCUT2D eigenvalue weighted by Crippen LogP contribution is -2.41. The number of aromatic nitrogens is 1. The van der Waals surface area contributed by atoms with Crippen molar-refractivity contribution in [2.45, 2.75) is 37.0 Å². The Morgan fingerprint density at radius 3 is 2.67 bits per heavy atom. The number of pyridine rings is 1. The van der Waals surface area contributed by atoms with Crippen molar-refractivity contribution in [3.05, 3.63) is 53.7 Å². The number of rotatable bonds is 3. The van der Waals surface area contributed by atoms with Gasteiger partial charge in [-0.3, -0.25) is 0 Å². The van der Waals surface area contributed by atoms with Gasteiger partial charge in [-0.25, -0.2) is 4.98 Å². The largest absolute Gasteiger partial charge is 0.439 e. The number of alkyl halides is 3. The van der Waals surface area contributed by atoms with Crippen molar-refractivity contribution >= 4 is 0 Å². The van der Waals surface area contributed by atoms with Crippen LogP contribution in [-0.4, -0.2) is 30.3 Å². The van der Waals surface area contributed by atoms with Crippen LogP contribution in [0.1, 0.15) is 36.3 Å². The molecule has 2 fully saturated rings. The lowest BCUT2D eigenvalue weighted by atomic mass is 9.84. The summed E-state index contributed by atoms with van der Waals surface area (Å²) in [6.45, 7) is 2.65. The maximum Gasteiger partial charge on any atom is 0.417 e. The van der Waals surface area contributed by atoms with Crippen LogP contribution in [-0.2, 0) is 10.9 Å². The quantitative estimate of drug-likeness (QED) is 0.853. The molecule has 2 aromatic rings. The van der Waals surface area contributed by atoms with E-state index < -0.39 is 11.7 Å². The Hall–Kier alpha value is -2.12. The van der Waals surface area contributed by atoms with Gasteiger partial charge in [-0.1, -0.05) is 12.1 Å². The zero-order valence-corrected chi connectivity index (χ0v) is 14.8. The van der Waals surface area contributed by atoms with E-state index in [-0.39, 0.29) is 11.5 Å². The molecule has 1 N–H and O–H groups in total. The molecular formula is C20H21F3N2O2. The van der Waals surface area contributed by atoms with Crippen LogP contribution in [0, 0.1) is 0 Å². The van der Waals surface area contributed by atoms with E-state index in [0.29, 0.717) is 18.3 Å². The molecule has 1 atom stereocenters. The molecule has 2 aliphatic heterocycles. The molecule has 4 nitrogen and oxygen atoms in total. The van der Waals surface area contributed by atoms with Crippen LogP contribution in [0.4, 0.5) is 13.2 Å². The predicted octanol–water partition coefficient (Wildman–Crippen LogP) is 4.52. The van der Waals surface area contributed by atoms with Gasteiger partial charge in [0.05, 0.1) is 17.8 Å². The minimum atomic E-state index is -4.40. The van der Waals surface area contributed by atoms with Gasteiger partial charge in [0.2, 0.25) is 5.88 Å². The highest BCUT2D eigenvalue weighted by Gasteiger charge is 2.41. The monoisotopic (exact) mass is 378 g/mol. The number of benzene rings is 1. The number of ether oxygens (including phenoxy) is 2. The first-order chi connectivity index (χ1) is 12.9. The second kappa shape index (κ2) is 7.13. The predicted molar refractivity (Wildman–Crippen MR) is 93.9 cm³/mol. The van der Waals surface area contributed by atoms with E-state index in [2.05, 4.69) is 10.3 Å². The van der Waals surface area contributed by atoms with Crippen LogP contribution in [0.15, 0.2) is 42.6 Å². The van der Waals surface area contributed by atoms with Gasteiger partial charge < -0.3 is 14.8 Å². The molecule has 0 saturated carbocycles. The van der Waals surface area contributed by atoms with Crippen molar-refractivity contribution in [1.29, 1.82) is 0 Å². The summed E-state index contributed by atoms with van der Waals surface area (Å²) in [7, 11) is 0. The molecule has 3 heterocycles. The molecule has 0 amide bonds. The Morgan fingerprint density at radius 1 is 1.15 bits per heavy atom. The first kappa shape index (κ1) is 18.3. The van der Waals surface area contributed by atoms with E-state index in [9.17, 15) is 13.2 Å². The summed E-state index contributed by atoms with van der Waals surface area (Å²) in [5, 5.41) is 3.36. The van der Waals surface area contributed by atoms with E-state index in [1.807, 2.05) is 18.2 Å². The Bertz CT molecular complexity index is 787. The Labute approximate surface area is 155 Å². The molecule has 0 aliphatic carbocycles. The number of nitrogens with zero attached hydrogens (tertiary/aromatic N) is 1. The van der Waals surface area contributed by atoms with Crippen LogP contribution in [0.25, 0.3) is 0 Å². The molecule has 7 heteroatoms. The Balaban J connectivity index is 1.45. The Morgan fingerprint density at radius 2 is 1.96 bits per heavy atom. The molecule has 4 rings (SSSR count). The van der Waals surface area contributed by atoms with Crippen molar-refractivity contribution in [2.75, 3.05) is 19.7 Å². The average Bonchev–Trinajstić information content (AvgIpc) is 3.06. The summed E-state index contributed by atoms with van der Waals surface area (Å²) in [6.07, 6.45) is -0.593. The number of hydrogen-bond donors (Lipinski definition) is 1. The van der Waals surface area contributed by atoms with E-state index >= 15 is 0 Å². The second-order valence-corrected chi connectivity index (χ2v) is 7.20. The minimum Gasteiger partial charge on any atom is -0.439 e. The fourth-order valence-corrected chi connectivity index (χ4v) is 3.85. The van der Waals surface area contributed by atoms with Crippen LogP contribution in [0.3, 0.4) is 0 Å². The van der Waals surface area contributed by atoms with Crippen molar-refractivity contribution in [3.8, 4) is 11.6 Å². The summed E-state index contributed by atoms with van der Waals surface area (Å²) >= 11 is 0. The van der Waals surface area contributed by atoms with Crippen molar-refractivity contribution in [1.82, 2.24) is 10.3 Å². The van der Waals surface area contributed by atoms with Crippen LogP contribution in [0.5, 0.6) is 11.6 Å². The van der Waals surface area contributed by atoms with Gasteiger partial charge in [0.15, 0.2) is 0 Å². The molecule has 27 heavy (non-hydrogen) atoms. The van der Waals surface area contributed by atoms with Gasteiger partial charge in [0.25, 0.3) is 0 Å². The zero-order valence-electron chi connectivity index (χ0n) is 14.8. The second-order valence-electron chi connectivity index (χ2n) is 7.20. The summed E-state index contributed by atoms with van der Waals surface area (Å²) in [5.41, 5.74) is 0.302. The highest BCUT2D eigenvalue weighted by atomic mass is 19.4. The van der Waals surface area contributed by atoms with Crippen molar-refractivity contribution in [2.24, 2.45) is 0 Å². The molecule has 0 bridgehead atoms. The van der Waals surface area contributed by atoms with Crippen molar-refractivity contribution in [3.63, 3.8) is 0 Å². The van der Waals surface area contributed by atoms with Gasteiger partial charge in [-0.15, -0.1) is 0 Å². The standard InChI is InChI=1S/C20H21F3N2O2/c21-20(22,23)16-4-5-18(25-12-16)27-17-3-1-2-14(10-17)15-11-19(26-13-15)6-8-24-9-7-19/h1-5,10,12,15,24H,6-9,11,13H2/t15-/m0/s1. The average molecular weight is 378 g/mol. The number of halogens is 3. The lowest BCUT2D eigenvalue weighted by molar-refractivity contribution is -0.137. The highest BCUT2D eigenvalue weighted by molar-refractivity contribution is 5.34. The van der Waals surface area contributed by atoms with E-state index in [4.69, 9.17) is 9.47 Å². The van der Waals surface area contributed by atoms with Crippen LogP contribution < -0.4 is 10.1 Å². The molecular weight excluding hydrogens is 357 g/mol. The molecule has 2 aliphatic rings. The molecule has 1 aromatic carbocycles. The third kappa shape index (κ3) is 4.09. The summed E-state index contributed by atoms with van der Waals surface area (Å²) < 4.78 is 49.7. The van der Waals surface area contributed by atoms with Gasteiger partial charge in [0, 0.05) is 18.2 Å². The van der Waals surface area contributed by atoms with Gasteiger partial charge in [0.1, 0.15) is 5.75 Å². The highest BCUT2D eigenvalue weighted by Crippen LogP contribution is 2.42. The van der Waals surface area contributed by atoms with Gasteiger partial charge >= 0.3 is 6.18 Å². The molecule has 1 spiro atoms. The van der Waals surface area contributed by atoms with Gasteiger partial charge in [-0.2, -0.15) is 13.2 Å². The smallest absolute Gasteiger partial charge is 0.417 e. The zero-order chi connectivity index (χ0) is 18.9. The molecule has 2 saturated heterocycles. The number of piperidine rings is 1. The number of nitrogens with one attached hydrogen (secondary N) is 1. The van der Waals surface area contributed by atoms with Crippen LogP contribution >= 0.6 is 0 Å². The molecule has 0 radical (unpaired) electrons. The number of hydrogen-bond acceptors (Lipinski definition) is 4. The van der Waals surface area contributed by atoms with Gasteiger partial charge in [-0.05, 0) is 56.1 Å². The lowest BCUT2D eigenvalue weighted by Gasteiger charge is -2.33. The van der Waals surface area contributed by atoms with E-state index in [0.717, 1.165) is 50.2 Å². The Kier molecular flexibility index (Phi) is 4.82. The fraction of sp³-hybridized carbons (Fsp3) is 0.450. The molecule has 0 unspecified atom stereocenters. The minimum absolute atomic E-state index is 0.0260. The summed E-state index contributed by atoms with van der Waals surface area (Å²) in [4.78, 5) is 3.76. The maximum absolute atomic E-state index is 12.6.